The lowest BCUT2D eigenvalue weighted by Crippen LogP contribution is -2.29. The summed E-state index contributed by atoms with van der Waals surface area (Å²) in [6.07, 6.45) is -0.573. The van der Waals surface area contributed by atoms with E-state index >= 15 is 0 Å². The van der Waals surface area contributed by atoms with Crippen molar-refractivity contribution in [3.8, 4) is 11.3 Å². The minimum Gasteiger partial charge on any atom is -0.771 e. The molecule has 2 N–H and O–H groups in total. The highest BCUT2D eigenvalue weighted by molar-refractivity contribution is 7.79. The lowest BCUT2D eigenvalue weighted by atomic mass is 9.77. The molecule has 1 aliphatic carbocycles. The predicted molar refractivity (Wildman–Crippen MR) is 100 cm³/mol. The van der Waals surface area contributed by atoms with Crippen LogP contribution in [0.25, 0.3) is 11.3 Å². The first-order valence-electron chi connectivity index (χ1n) is 9.28. The highest BCUT2D eigenvalue weighted by Crippen LogP contribution is 2.38. The Morgan fingerprint density at radius 1 is 1.21 bits per heavy atom. The van der Waals surface area contributed by atoms with Crippen LogP contribution in [0.15, 0.2) is 30.3 Å². The first kappa shape index (κ1) is 21.5. The lowest BCUT2D eigenvalue weighted by Gasteiger charge is -2.28. The molecular formula is C19H21F3N3O3S-. The minimum atomic E-state index is -4.45. The molecule has 0 bridgehead atoms. The van der Waals surface area contributed by atoms with E-state index in [4.69, 9.17) is 0 Å². The Morgan fingerprint density at radius 3 is 2.41 bits per heavy atom. The maximum atomic E-state index is 12.7. The number of H-pyrrole nitrogens is 1. The van der Waals surface area contributed by atoms with Gasteiger partial charge in [-0.05, 0) is 60.2 Å². The van der Waals surface area contributed by atoms with Crippen LogP contribution in [-0.4, -0.2) is 30.7 Å². The topological polar surface area (TPSA) is 97.9 Å². The normalized spacial score (nSPS) is 21.0. The van der Waals surface area contributed by atoms with Gasteiger partial charge in [-0.2, -0.15) is 18.3 Å². The predicted octanol–water partition coefficient (Wildman–Crippen LogP) is 3.71. The Bertz CT molecular complexity index is 860. The number of nitrogens with zero attached hydrogens (tertiary/aromatic N) is 1. The lowest BCUT2D eigenvalue weighted by molar-refractivity contribution is -0.141. The van der Waals surface area contributed by atoms with Crippen LogP contribution in [0, 0.1) is 5.92 Å². The molecule has 3 rings (SSSR count). The number of rotatable bonds is 6. The highest BCUT2D eigenvalue weighted by Gasteiger charge is 2.33. The molecule has 1 aromatic carbocycles. The third kappa shape index (κ3) is 5.89. The van der Waals surface area contributed by atoms with E-state index in [2.05, 4.69) is 10.4 Å². The maximum absolute atomic E-state index is 12.7. The third-order valence-electron chi connectivity index (χ3n) is 5.27. The number of alkyl halides is 3. The smallest absolute Gasteiger partial charge is 0.432 e. The average Bonchev–Trinajstić information content (AvgIpc) is 3.18. The summed E-state index contributed by atoms with van der Waals surface area (Å²) in [4.78, 5) is 11.7. The van der Waals surface area contributed by atoms with Crippen molar-refractivity contribution in [2.24, 2.45) is 5.92 Å². The van der Waals surface area contributed by atoms with E-state index in [1.165, 1.54) is 0 Å². The fourth-order valence-electron chi connectivity index (χ4n) is 3.71. The van der Waals surface area contributed by atoms with Gasteiger partial charge >= 0.3 is 6.18 Å². The Morgan fingerprint density at radius 2 is 1.86 bits per heavy atom. The molecule has 1 fully saturated rings. The molecule has 1 amide bonds. The van der Waals surface area contributed by atoms with E-state index in [0.717, 1.165) is 37.3 Å². The van der Waals surface area contributed by atoms with Gasteiger partial charge in [-0.1, -0.05) is 24.3 Å². The van der Waals surface area contributed by atoms with Crippen molar-refractivity contribution in [3.05, 3.63) is 41.6 Å². The van der Waals surface area contributed by atoms with Crippen molar-refractivity contribution in [1.29, 1.82) is 0 Å². The molecule has 1 heterocycles. The molecule has 158 valence electrons. The summed E-state index contributed by atoms with van der Waals surface area (Å²) in [6, 6.07) is 8.37. The number of aromatic amines is 1. The quantitative estimate of drug-likeness (QED) is 0.686. The van der Waals surface area contributed by atoms with Crippen molar-refractivity contribution in [2.75, 3.05) is 5.88 Å². The summed E-state index contributed by atoms with van der Waals surface area (Å²) in [5, 5.41) is 8.13. The SMILES string of the molecule is O=C(CC1CCC(c2ccc(-c3cc(C(F)(F)F)[nH]n3)cc2)CC1)NCS(=O)[O-]. The van der Waals surface area contributed by atoms with E-state index in [9.17, 15) is 26.7 Å². The number of carbonyl (C=O) groups is 1. The molecule has 6 nitrogen and oxygen atoms in total. The summed E-state index contributed by atoms with van der Waals surface area (Å²) < 4.78 is 59.0. The van der Waals surface area contributed by atoms with Crippen LogP contribution in [0.3, 0.4) is 0 Å². The van der Waals surface area contributed by atoms with Crippen molar-refractivity contribution in [2.45, 2.75) is 44.2 Å². The summed E-state index contributed by atoms with van der Waals surface area (Å²) in [7, 11) is 0. The maximum Gasteiger partial charge on any atom is 0.432 e. The molecular weight excluding hydrogens is 407 g/mol. The first-order chi connectivity index (χ1) is 13.7. The molecule has 1 aliphatic rings. The second-order valence-corrected chi connectivity index (χ2v) is 8.15. The van der Waals surface area contributed by atoms with E-state index in [-0.39, 0.29) is 23.4 Å². The zero-order valence-electron chi connectivity index (χ0n) is 15.5. The Kier molecular flexibility index (Phi) is 6.74. The van der Waals surface area contributed by atoms with Crippen molar-refractivity contribution >= 4 is 17.0 Å². The number of hydrogen-bond acceptors (Lipinski definition) is 4. The molecule has 1 aromatic heterocycles. The molecule has 0 radical (unpaired) electrons. The van der Waals surface area contributed by atoms with E-state index < -0.39 is 23.0 Å². The molecule has 1 atom stereocenters. The van der Waals surface area contributed by atoms with Gasteiger partial charge in [0.25, 0.3) is 0 Å². The second kappa shape index (κ2) is 9.08. The average molecular weight is 428 g/mol. The minimum absolute atomic E-state index is 0.232. The summed E-state index contributed by atoms with van der Waals surface area (Å²) in [5.41, 5.74) is 1.10. The molecule has 0 saturated heterocycles. The van der Waals surface area contributed by atoms with Crippen molar-refractivity contribution in [3.63, 3.8) is 0 Å². The van der Waals surface area contributed by atoms with Crippen LogP contribution in [0.4, 0.5) is 13.2 Å². The van der Waals surface area contributed by atoms with Crippen LogP contribution in [0.5, 0.6) is 0 Å². The number of amides is 1. The van der Waals surface area contributed by atoms with Gasteiger partial charge in [0.05, 0.1) is 11.6 Å². The zero-order chi connectivity index (χ0) is 21.0. The summed E-state index contributed by atoms with van der Waals surface area (Å²) in [5.74, 6) is -0.0434. The largest absolute Gasteiger partial charge is 0.771 e. The van der Waals surface area contributed by atoms with Crippen LogP contribution in [0.2, 0.25) is 0 Å². The zero-order valence-corrected chi connectivity index (χ0v) is 16.3. The molecule has 0 aliphatic heterocycles. The number of nitrogens with one attached hydrogen (secondary N) is 2. The standard InChI is InChI=1S/C19H22F3N3O3S/c20-19(21,22)17-10-16(24-25-17)15-7-5-14(6-8-15)13-3-1-12(2-4-13)9-18(26)23-11-29(27)28/h5-8,10,12-13H,1-4,9,11H2,(H,23,26)(H,24,25)(H,27,28)/p-1. The molecule has 10 heteroatoms. The molecule has 2 aromatic rings. The Hall–Kier alpha value is -2.20. The van der Waals surface area contributed by atoms with Gasteiger partial charge in [-0.25, -0.2) is 0 Å². The number of aromatic nitrogens is 2. The second-order valence-electron chi connectivity index (χ2n) is 7.26. The van der Waals surface area contributed by atoms with E-state index in [0.29, 0.717) is 17.9 Å². The van der Waals surface area contributed by atoms with Gasteiger partial charge in [0, 0.05) is 12.0 Å². The van der Waals surface area contributed by atoms with Gasteiger partial charge in [-0.15, -0.1) is 0 Å². The van der Waals surface area contributed by atoms with Crippen LogP contribution < -0.4 is 5.32 Å². The fourth-order valence-corrected chi connectivity index (χ4v) is 3.99. The van der Waals surface area contributed by atoms with Crippen LogP contribution in [0.1, 0.15) is 49.3 Å². The van der Waals surface area contributed by atoms with Gasteiger partial charge in [0.1, 0.15) is 5.69 Å². The summed E-state index contributed by atoms with van der Waals surface area (Å²) in [6.45, 7) is 0. The Balaban J connectivity index is 1.53. The van der Waals surface area contributed by atoms with Crippen molar-refractivity contribution in [1.82, 2.24) is 15.5 Å². The van der Waals surface area contributed by atoms with Crippen LogP contribution >= 0.6 is 0 Å². The molecule has 1 saturated carbocycles. The number of hydrogen-bond donors (Lipinski definition) is 2. The Labute approximate surface area is 168 Å². The number of halogens is 3. The van der Waals surface area contributed by atoms with Crippen LogP contribution in [-0.2, 0) is 22.1 Å². The van der Waals surface area contributed by atoms with Gasteiger partial charge in [0.15, 0.2) is 0 Å². The molecule has 1 unspecified atom stereocenters. The highest BCUT2D eigenvalue weighted by atomic mass is 32.2. The van der Waals surface area contributed by atoms with E-state index in [1.54, 1.807) is 12.1 Å². The first-order valence-corrected chi connectivity index (χ1v) is 10.5. The van der Waals surface area contributed by atoms with Gasteiger partial charge < -0.3 is 9.87 Å². The fraction of sp³-hybridized carbons (Fsp3) is 0.474. The number of carbonyl (C=O) groups excluding carboxylic acids is 1. The molecule has 0 spiro atoms. The summed E-state index contributed by atoms with van der Waals surface area (Å²) >= 11 is -2.29. The van der Waals surface area contributed by atoms with Crippen molar-refractivity contribution < 1.29 is 26.7 Å². The van der Waals surface area contributed by atoms with Gasteiger partial charge in [-0.3, -0.25) is 14.1 Å². The van der Waals surface area contributed by atoms with Gasteiger partial charge in [0.2, 0.25) is 5.91 Å². The molecule has 29 heavy (non-hydrogen) atoms. The number of benzene rings is 1. The third-order valence-corrected chi connectivity index (χ3v) is 5.65. The monoisotopic (exact) mass is 428 g/mol. The van der Waals surface area contributed by atoms with E-state index in [1.807, 2.05) is 17.2 Å².